The van der Waals surface area contributed by atoms with Gasteiger partial charge in [0, 0.05) is 44.1 Å². The summed E-state index contributed by atoms with van der Waals surface area (Å²) in [4.78, 5) is 18.1. The van der Waals surface area contributed by atoms with Gasteiger partial charge in [-0.3, -0.25) is 9.30 Å². The van der Waals surface area contributed by atoms with Crippen LogP contribution in [-0.2, 0) is 4.74 Å². The minimum Gasteiger partial charge on any atom is -0.356 e. The molecule has 2 saturated heterocycles. The molecule has 5 rings (SSSR count). The van der Waals surface area contributed by atoms with Crippen molar-refractivity contribution in [2.45, 2.75) is 53.1 Å². The molecule has 10 heteroatoms. The molecule has 0 aliphatic carbocycles. The molecule has 37 heavy (non-hydrogen) atoms. The number of hydrogen-bond donors (Lipinski definition) is 0. The lowest BCUT2D eigenvalue weighted by molar-refractivity contribution is 0.0850. The highest BCUT2D eigenvalue weighted by atomic mass is 31.1. The van der Waals surface area contributed by atoms with Crippen molar-refractivity contribution in [1.82, 2.24) is 24.3 Å². The number of aryl methyl sites for hydroxylation is 1. The van der Waals surface area contributed by atoms with Crippen LogP contribution < -0.4 is 4.90 Å². The van der Waals surface area contributed by atoms with Crippen LogP contribution in [0.1, 0.15) is 46.2 Å². The molecule has 0 saturated carbocycles. The lowest BCUT2D eigenvalue weighted by Gasteiger charge is -2.33. The van der Waals surface area contributed by atoms with Gasteiger partial charge in [-0.1, -0.05) is 15.8 Å². The van der Waals surface area contributed by atoms with Gasteiger partial charge in [0.2, 0.25) is 0 Å². The van der Waals surface area contributed by atoms with E-state index in [0.29, 0.717) is 17.2 Å². The van der Waals surface area contributed by atoms with Gasteiger partial charge in [0.1, 0.15) is 28.6 Å². The van der Waals surface area contributed by atoms with Crippen molar-refractivity contribution in [2.24, 2.45) is 5.92 Å². The second kappa shape index (κ2) is 12.3. The van der Waals surface area contributed by atoms with Crippen molar-refractivity contribution in [1.29, 1.82) is 0 Å². The van der Waals surface area contributed by atoms with Gasteiger partial charge in [-0.05, 0) is 70.9 Å². The zero-order valence-corrected chi connectivity index (χ0v) is 24.6. The first-order valence-corrected chi connectivity index (χ1v) is 15.0. The maximum Gasteiger partial charge on any atom is 0.180 e. The predicted octanol–water partition coefficient (Wildman–Crippen LogP) is 5.50. The van der Waals surface area contributed by atoms with Crippen LogP contribution in [0.3, 0.4) is 0 Å². The summed E-state index contributed by atoms with van der Waals surface area (Å²) in [7, 11) is 4.63. The van der Waals surface area contributed by atoms with E-state index in [0.717, 1.165) is 57.8 Å². The van der Waals surface area contributed by atoms with Crippen LogP contribution in [0.5, 0.6) is 0 Å². The SMILES string of the molecule is CC1CCCN(C(=P)OC(C)(C)C)C1.Cc1cc(N2CCPCC2)nc(-c2cnc3ccc(F)cn23)n1. The average Bonchev–Trinajstić information content (AvgIpc) is 3.27. The van der Waals surface area contributed by atoms with E-state index in [1.807, 2.05) is 13.0 Å². The van der Waals surface area contributed by atoms with Crippen LogP contribution in [0.25, 0.3) is 17.2 Å². The number of fused-ring (bicyclic) bond motifs is 1. The number of pyridine rings is 1. The number of rotatable bonds is 4. The van der Waals surface area contributed by atoms with Gasteiger partial charge in [-0.15, -0.1) is 8.58 Å². The Kier molecular flexibility index (Phi) is 9.29. The Morgan fingerprint density at radius 2 is 1.92 bits per heavy atom. The first-order valence-electron chi connectivity index (χ1n) is 13.1. The Morgan fingerprint density at radius 3 is 2.62 bits per heavy atom. The molecular weight excluding hydrogens is 505 g/mol. The second-order valence-electron chi connectivity index (χ2n) is 10.9. The molecule has 2 fully saturated rings. The zero-order valence-electron chi connectivity index (χ0n) is 22.6. The number of halogens is 1. The maximum absolute atomic E-state index is 13.6. The van der Waals surface area contributed by atoms with E-state index in [9.17, 15) is 4.39 Å². The molecule has 2 aliphatic heterocycles. The number of aromatic nitrogens is 4. The summed E-state index contributed by atoms with van der Waals surface area (Å²) in [6.07, 6.45) is 8.17. The monoisotopic (exact) mass is 544 g/mol. The molecule has 5 heterocycles. The number of anilines is 1. The van der Waals surface area contributed by atoms with Crippen LogP contribution in [0, 0.1) is 18.7 Å². The van der Waals surface area contributed by atoms with E-state index in [-0.39, 0.29) is 11.4 Å². The standard InChI is InChI=1S/C16H17FN5P.C11H22NOP/c1-11-8-15(21-4-6-23-7-5-21)20-16(19-11)13-9-18-14-3-2-12(17)10-22(13)14;1-9-6-5-7-12(8-9)10(14)13-11(2,3)4/h2-3,8-10,23H,4-7H2,1H3;9,14H,5-8H2,1-4H3. The van der Waals surface area contributed by atoms with Gasteiger partial charge in [0.15, 0.2) is 5.82 Å². The summed E-state index contributed by atoms with van der Waals surface area (Å²) in [5.74, 6) is 2.01. The lowest BCUT2D eigenvalue weighted by Crippen LogP contribution is -2.41. The van der Waals surface area contributed by atoms with E-state index in [4.69, 9.17) is 9.72 Å². The van der Waals surface area contributed by atoms with Crippen molar-refractivity contribution in [3.05, 3.63) is 42.1 Å². The number of imidazole rings is 1. The van der Waals surface area contributed by atoms with Gasteiger partial charge in [0.05, 0.1) is 11.8 Å². The molecule has 3 aromatic rings. The fourth-order valence-corrected chi connectivity index (χ4v) is 6.19. The summed E-state index contributed by atoms with van der Waals surface area (Å²) < 4.78 is 21.0. The fraction of sp³-hybridized carbons (Fsp3) is 0.556. The van der Waals surface area contributed by atoms with Crippen molar-refractivity contribution in [3.8, 4) is 11.5 Å². The summed E-state index contributed by atoms with van der Waals surface area (Å²) >= 11 is 0. The van der Waals surface area contributed by atoms with Crippen LogP contribution in [0.2, 0.25) is 0 Å². The second-order valence-corrected chi connectivity index (χ2v) is 12.8. The molecule has 1 atom stereocenters. The van der Waals surface area contributed by atoms with E-state index < -0.39 is 0 Å². The van der Waals surface area contributed by atoms with Crippen LogP contribution in [0.15, 0.2) is 30.6 Å². The van der Waals surface area contributed by atoms with Crippen LogP contribution in [0.4, 0.5) is 10.2 Å². The highest BCUT2D eigenvalue weighted by molar-refractivity contribution is 7.38. The van der Waals surface area contributed by atoms with Crippen molar-refractivity contribution >= 4 is 34.5 Å². The number of piperidine rings is 1. The minimum absolute atomic E-state index is 0.113. The third kappa shape index (κ3) is 7.77. The summed E-state index contributed by atoms with van der Waals surface area (Å²) in [5, 5.41) is 0. The maximum atomic E-state index is 13.6. The molecule has 7 nitrogen and oxygen atoms in total. The number of ether oxygens (including phenoxy) is 1. The summed E-state index contributed by atoms with van der Waals surface area (Å²) in [6, 6.07) is 5.08. The number of likely N-dealkylation sites (tertiary alicyclic amines) is 1. The fourth-order valence-electron chi connectivity index (χ4n) is 4.57. The Morgan fingerprint density at radius 1 is 1.16 bits per heavy atom. The zero-order chi connectivity index (χ0) is 26.6. The first-order chi connectivity index (χ1) is 17.6. The van der Waals surface area contributed by atoms with Gasteiger partial charge in [0.25, 0.3) is 0 Å². The largest absolute Gasteiger partial charge is 0.356 e. The smallest absolute Gasteiger partial charge is 0.180 e. The third-order valence-corrected chi connectivity index (χ3v) is 7.90. The quantitative estimate of drug-likeness (QED) is 0.405. The van der Waals surface area contributed by atoms with E-state index in [2.05, 4.69) is 56.3 Å². The molecule has 2 aliphatic rings. The molecular formula is C27H39FN6OP2. The van der Waals surface area contributed by atoms with Crippen molar-refractivity contribution < 1.29 is 9.13 Å². The Balaban J connectivity index is 0.000000197. The van der Waals surface area contributed by atoms with Gasteiger partial charge < -0.3 is 9.64 Å². The average molecular weight is 545 g/mol. The Bertz CT molecular complexity index is 1220. The molecule has 3 aromatic heterocycles. The summed E-state index contributed by atoms with van der Waals surface area (Å²) in [5.41, 5.74) is 3.08. The van der Waals surface area contributed by atoms with E-state index >= 15 is 0 Å². The lowest BCUT2D eigenvalue weighted by atomic mass is 10.0. The van der Waals surface area contributed by atoms with Crippen LogP contribution in [-0.4, -0.2) is 74.0 Å². The van der Waals surface area contributed by atoms with Gasteiger partial charge in [-0.2, -0.15) is 0 Å². The van der Waals surface area contributed by atoms with Gasteiger partial charge in [-0.25, -0.2) is 19.3 Å². The highest BCUT2D eigenvalue weighted by Crippen LogP contribution is 2.25. The molecule has 0 N–H and O–H groups in total. The molecule has 0 amide bonds. The molecule has 1 unspecified atom stereocenters. The minimum atomic E-state index is -0.304. The molecule has 0 aromatic carbocycles. The van der Waals surface area contributed by atoms with Gasteiger partial charge >= 0.3 is 0 Å². The molecule has 0 bridgehead atoms. The molecule has 200 valence electrons. The van der Waals surface area contributed by atoms with Crippen molar-refractivity contribution in [3.63, 3.8) is 0 Å². The normalized spacial score (nSPS) is 19.0. The third-order valence-electron chi connectivity index (χ3n) is 6.33. The highest BCUT2D eigenvalue weighted by Gasteiger charge is 2.22. The van der Waals surface area contributed by atoms with Crippen molar-refractivity contribution in [2.75, 3.05) is 43.4 Å². The molecule has 0 radical (unpaired) electrons. The number of hydrogen-bond acceptors (Lipinski definition) is 5. The first kappa shape index (κ1) is 28.0. The topological polar surface area (TPSA) is 58.8 Å². The predicted molar refractivity (Wildman–Crippen MR) is 155 cm³/mol. The molecule has 0 spiro atoms. The Labute approximate surface area is 223 Å². The van der Waals surface area contributed by atoms with Crippen LogP contribution >= 0.6 is 17.4 Å². The number of nitrogens with zero attached hydrogens (tertiary/aromatic N) is 6. The Hall–Kier alpha value is -1.98. The van der Waals surface area contributed by atoms with E-state index in [1.165, 1.54) is 37.4 Å². The van der Waals surface area contributed by atoms with E-state index in [1.54, 1.807) is 16.7 Å². The summed E-state index contributed by atoms with van der Waals surface area (Å²) in [6.45, 7) is 14.8.